The largest absolute Gasteiger partial charge is 0.416 e. The van der Waals surface area contributed by atoms with E-state index < -0.39 is 11.7 Å². The lowest BCUT2D eigenvalue weighted by atomic mass is 10.1. The van der Waals surface area contributed by atoms with Crippen LogP contribution in [0.25, 0.3) is 11.4 Å². The smallest absolute Gasteiger partial charge is 0.236 e. The molecule has 0 amide bonds. The molecule has 0 bridgehead atoms. The number of rotatable bonds is 4. The van der Waals surface area contributed by atoms with Gasteiger partial charge in [-0.2, -0.15) is 13.2 Å². The Labute approximate surface area is 131 Å². The Kier molecular flexibility index (Phi) is 4.08. The summed E-state index contributed by atoms with van der Waals surface area (Å²) in [6.07, 6.45) is 0.316. The monoisotopic (exact) mass is 326 g/mol. The van der Waals surface area contributed by atoms with Gasteiger partial charge in [-0.3, -0.25) is 0 Å². The van der Waals surface area contributed by atoms with E-state index in [-0.39, 0.29) is 0 Å². The summed E-state index contributed by atoms with van der Waals surface area (Å²) < 4.78 is 37.8. The number of aromatic nitrogens is 2. The Bertz CT molecular complexity index is 664. The molecule has 1 heterocycles. The van der Waals surface area contributed by atoms with Crippen LogP contribution in [-0.2, 0) is 12.6 Å². The summed E-state index contributed by atoms with van der Waals surface area (Å²) in [5, 5.41) is 0. The average Bonchev–Trinajstić information content (AvgIpc) is 3.32. The van der Waals surface area contributed by atoms with E-state index in [4.69, 9.17) is 11.6 Å². The fourth-order valence-corrected chi connectivity index (χ4v) is 2.58. The summed E-state index contributed by atoms with van der Waals surface area (Å²) in [7, 11) is 0. The van der Waals surface area contributed by atoms with Crippen LogP contribution in [0.4, 0.5) is 13.2 Å². The summed E-state index contributed by atoms with van der Waals surface area (Å²) in [5.41, 5.74) is 1.95. The maximum absolute atomic E-state index is 12.6. The molecule has 0 spiro atoms. The van der Waals surface area contributed by atoms with Crippen LogP contribution in [0.1, 0.15) is 35.6 Å². The molecule has 0 atom stereocenters. The second-order valence-electron chi connectivity index (χ2n) is 5.39. The molecule has 2 nitrogen and oxygen atoms in total. The molecule has 0 unspecified atom stereocenters. The van der Waals surface area contributed by atoms with E-state index in [1.165, 1.54) is 12.1 Å². The zero-order valence-electron chi connectivity index (χ0n) is 11.7. The van der Waals surface area contributed by atoms with Crippen molar-refractivity contribution in [2.45, 2.75) is 31.4 Å². The highest BCUT2D eigenvalue weighted by Gasteiger charge is 2.30. The van der Waals surface area contributed by atoms with Crippen molar-refractivity contribution >= 4 is 11.6 Å². The Balaban J connectivity index is 1.93. The van der Waals surface area contributed by atoms with Crippen LogP contribution >= 0.6 is 11.6 Å². The van der Waals surface area contributed by atoms with E-state index in [0.717, 1.165) is 36.2 Å². The van der Waals surface area contributed by atoms with Crippen molar-refractivity contribution in [3.63, 3.8) is 0 Å². The van der Waals surface area contributed by atoms with E-state index in [1.807, 2.05) is 0 Å². The second-order valence-corrected chi connectivity index (χ2v) is 5.77. The standard InChI is InChI=1S/C16H14ClF3N2/c17-8-7-12-9-21-15(22-14(12)10-1-2-10)11-3-5-13(6-4-11)16(18,19)20/h3-6,9-10H,1-2,7-8H2. The first-order chi connectivity index (χ1) is 10.5. The van der Waals surface area contributed by atoms with Crippen LogP contribution in [0, 0.1) is 0 Å². The van der Waals surface area contributed by atoms with Crippen LogP contribution in [-0.4, -0.2) is 15.8 Å². The van der Waals surface area contributed by atoms with Crippen molar-refractivity contribution in [2.24, 2.45) is 0 Å². The van der Waals surface area contributed by atoms with Crippen LogP contribution in [0.2, 0.25) is 0 Å². The number of nitrogens with zero attached hydrogens (tertiary/aromatic N) is 2. The Morgan fingerprint density at radius 2 is 1.82 bits per heavy atom. The minimum absolute atomic E-state index is 0.439. The summed E-state index contributed by atoms with van der Waals surface area (Å²) in [6.45, 7) is 0. The first-order valence-corrected chi connectivity index (χ1v) is 7.62. The average molecular weight is 327 g/mol. The lowest BCUT2D eigenvalue weighted by molar-refractivity contribution is -0.137. The van der Waals surface area contributed by atoms with Crippen molar-refractivity contribution in [2.75, 3.05) is 5.88 Å². The minimum Gasteiger partial charge on any atom is -0.236 e. The molecule has 0 aliphatic heterocycles. The summed E-state index contributed by atoms with van der Waals surface area (Å²) >= 11 is 5.79. The topological polar surface area (TPSA) is 25.8 Å². The third kappa shape index (κ3) is 3.24. The zero-order chi connectivity index (χ0) is 15.7. The highest BCUT2D eigenvalue weighted by molar-refractivity contribution is 6.18. The van der Waals surface area contributed by atoms with Crippen LogP contribution in [0.3, 0.4) is 0 Å². The van der Waals surface area contributed by atoms with Crippen molar-refractivity contribution < 1.29 is 13.2 Å². The summed E-state index contributed by atoms with van der Waals surface area (Å²) in [5.74, 6) is 1.41. The van der Waals surface area contributed by atoms with E-state index >= 15 is 0 Å². The van der Waals surface area contributed by atoms with Crippen LogP contribution in [0.15, 0.2) is 30.5 Å². The van der Waals surface area contributed by atoms with Gasteiger partial charge in [-0.25, -0.2) is 9.97 Å². The lowest BCUT2D eigenvalue weighted by Crippen LogP contribution is -2.05. The van der Waals surface area contributed by atoms with Gasteiger partial charge in [0.2, 0.25) is 0 Å². The Morgan fingerprint density at radius 3 is 2.36 bits per heavy atom. The second kappa shape index (κ2) is 5.88. The Morgan fingerprint density at radius 1 is 1.14 bits per heavy atom. The number of alkyl halides is 4. The van der Waals surface area contributed by atoms with Gasteiger partial charge in [-0.1, -0.05) is 12.1 Å². The maximum Gasteiger partial charge on any atom is 0.416 e. The predicted octanol–water partition coefficient (Wildman–Crippen LogP) is 4.82. The van der Waals surface area contributed by atoms with Gasteiger partial charge in [-0.05, 0) is 37.0 Å². The van der Waals surface area contributed by atoms with Gasteiger partial charge in [-0.15, -0.1) is 11.6 Å². The number of halogens is 4. The number of hydrogen-bond acceptors (Lipinski definition) is 2. The highest BCUT2D eigenvalue weighted by atomic mass is 35.5. The van der Waals surface area contributed by atoms with Crippen LogP contribution < -0.4 is 0 Å². The minimum atomic E-state index is -4.33. The van der Waals surface area contributed by atoms with Crippen molar-refractivity contribution in [3.05, 3.63) is 47.3 Å². The van der Waals surface area contributed by atoms with E-state index in [0.29, 0.717) is 29.6 Å². The molecule has 2 aromatic rings. The van der Waals surface area contributed by atoms with Gasteiger partial charge < -0.3 is 0 Å². The van der Waals surface area contributed by atoms with Gasteiger partial charge in [0.1, 0.15) is 0 Å². The molecule has 0 N–H and O–H groups in total. The third-order valence-corrected chi connectivity index (χ3v) is 3.89. The van der Waals surface area contributed by atoms with E-state index in [9.17, 15) is 13.2 Å². The molecule has 6 heteroatoms. The fraction of sp³-hybridized carbons (Fsp3) is 0.375. The normalized spacial score (nSPS) is 15.1. The molecule has 1 aromatic carbocycles. The molecule has 0 saturated heterocycles. The molecule has 1 fully saturated rings. The summed E-state index contributed by atoms with van der Waals surface area (Å²) in [4.78, 5) is 8.84. The quantitative estimate of drug-likeness (QED) is 0.753. The number of benzene rings is 1. The molecule has 0 radical (unpaired) electrons. The fourth-order valence-electron chi connectivity index (χ4n) is 2.37. The van der Waals surface area contributed by atoms with Crippen molar-refractivity contribution in [1.82, 2.24) is 9.97 Å². The zero-order valence-corrected chi connectivity index (χ0v) is 12.5. The molecule has 1 aliphatic carbocycles. The first-order valence-electron chi connectivity index (χ1n) is 7.08. The van der Waals surface area contributed by atoms with Gasteiger partial charge in [0.15, 0.2) is 5.82 Å². The number of aryl methyl sites for hydroxylation is 1. The molecular weight excluding hydrogens is 313 g/mol. The molecule has 22 heavy (non-hydrogen) atoms. The van der Waals surface area contributed by atoms with Gasteiger partial charge in [0.25, 0.3) is 0 Å². The summed E-state index contributed by atoms with van der Waals surface area (Å²) in [6, 6.07) is 4.94. The third-order valence-electron chi connectivity index (χ3n) is 3.70. The van der Waals surface area contributed by atoms with Crippen molar-refractivity contribution in [3.8, 4) is 11.4 Å². The maximum atomic E-state index is 12.6. The van der Waals surface area contributed by atoms with Gasteiger partial charge in [0.05, 0.1) is 11.3 Å². The lowest BCUT2D eigenvalue weighted by Gasteiger charge is -2.10. The highest BCUT2D eigenvalue weighted by Crippen LogP contribution is 2.41. The molecule has 1 aromatic heterocycles. The first kappa shape index (κ1) is 15.3. The molecule has 1 saturated carbocycles. The molecule has 3 rings (SSSR count). The number of hydrogen-bond donors (Lipinski definition) is 0. The molecule has 116 valence electrons. The van der Waals surface area contributed by atoms with E-state index in [1.54, 1.807) is 6.20 Å². The SMILES string of the molecule is FC(F)(F)c1ccc(-c2ncc(CCCl)c(C3CC3)n2)cc1. The van der Waals surface area contributed by atoms with Gasteiger partial charge in [0, 0.05) is 23.6 Å². The Hall–Kier alpha value is -1.62. The predicted molar refractivity (Wildman–Crippen MR) is 78.9 cm³/mol. The van der Waals surface area contributed by atoms with Crippen LogP contribution in [0.5, 0.6) is 0 Å². The van der Waals surface area contributed by atoms with Gasteiger partial charge >= 0.3 is 6.18 Å². The molecule has 1 aliphatic rings. The molecular formula is C16H14ClF3N2. The van der Waals surface area contributed by atoms with E-state index in [2.05, 4.69) is 9.97 Å². The van der Waals surface area contributed by atoms with Crippen molar-refractivity contribution in [1.29, 1.82) is 0 Å².